The van der Waals surface area contributed by atoms with Crippen molar-refractivity contribution in [1.82, 2.24) is 25.8 Å². The van der Waals surface area contributed by atoms with Crippen LogP contribution in [0.2, 0.25) is 0 Å². The Bertz CT molecular complexity index is 951. The monoisotopic (exact) mass is 440 g/mol. The molecule has 4 aliphatic carbocycles. The van der Waals surface area contributed by atoms with Gasteiger partial charge in [0.1, 0.15) is 5.56 Å². The van der Waals surface area contributed by atoms with Crippen LogP contribution in [0.5, 0.6) is 0 Å². The lowest BCUT2D eigenvalue weighted by Crippen LogP contribution is -2.61. The second kappa shape index (κ2) is 7.74. The maximum Gasteiger partial charge on any atom is 0.256 e. The first-order chi connectivity index (χ1) is 15.3. The van der Waals surface area contributed by atoms with E-state index in [4.69, 9.17) is 0 Å². The first kappa shape index (κ1) is 21.2. The van der Waals surface area contributed by atoms with Crippen LogP contribution in [0.3, 0.4) is 0 Å². The van der Waals surface area contributed by atoms with Crippen molar-refractivity contribution < 1.29 is 14.7 Å². The average Bonchev–Trinajstić information content (AvgIpc) is 3.37. The Kier molecular flexibility index (Phi) is 5.13. The van der Waals surface area contributed by atoms with Crippen LogP contribution in [0.15, 0.2) is 24.5 Å². The number of anilines is 1. The highest BCUT2D eigenvalue weighted by molar-refractivity contribution is 5.99. The van der Waals surface area contributed by atoms with E-state index in [0.29, 0.717) is 42.1 Å². The number of carbonyl (C=O) groups is 2. The summed E-state index contributed by atoms with van der Waals surface area (Å²) in [5.41, 5.74) is 2.63. The van der Waals surface area contributed by atoms with Gasteiger partial charge >= 0.3 is 0 Å². The predicted octanol–water partition coefficient (Wildman–Crippen LogP) is 1.39. The van der Waals surface area contributed by atoms with Gasteiger partial charge in [0.2, 0.25) is 6.41 Å². The first-order valence-corrected chi connectivity index (χ1v) is 11.5. The van der Waals surface area contributed by atoms with Gasteiger partial charge in [0.05, 0.1) is 17.3 Å². The highest BCUT2D eigenvalue weighted by atomic mass is 16.3. The van der Waals surface area contributed by atoms with E-state index in [1.54, 1.807) is 22.1 Å². The zero-order chi connectivity index (χ0) is 22.5. The van der Waals surface area contributed by atoms with Crippen molar-refractivity contribution in [2.75, 3.05) is 11.6 Å². The molecule has 1 aromatic rings. The molecule has 0 aromatic carbocycles. The van der Waals surface area contributed by atoms with E-state index < -0.39 is 11.1 Å². The topological polar surface area (TPSA) is 112 Å². The molecule has 0 spiro atoms. The molecule has 172 valence electrons. The van der Waals surface area contributed by atoms with E-state index in [0.717, 1.165) is 32.1 Å². The molecular formula is C23H32N6O3. The molecule has 2 heterocycles. The van der Waals surface area contributed by atoms with Gasteiger partial charge in [-0.3, -0.25) is 14.6 Å². The molecule has 1 aromatic heterocycles. The quantitative estimate of drug-likeness (QED) is 0.477. The van der Waals surface area contributed by atoms with Gasteiger partial charge in [-0.15, -0.1) is 0 Å². The molecule has 4 N–H and O–H groups in total. The molecular weight excluding hydrogens is 408 g/mol. The molecule has 9 heteroatoms. The fourth-order valence-electron chi connectivity index (χ4n) is 6.28. The highest BCUT2D eigenvalue weighted by Crippen LogP contribution is 2.55. The number of aliphatic hydroxyl groups is 1. The van der Waals surface area contributed by atoms with Crippen molar-refractivity contribution in [3.05, 3.63) is 30.1 Å². The summed E-state index contributed by atoms with van der Waals surface area (Å²) >= 11 is 0. The van der Waals surface area contributed by atoms with Crippen LogP contribution in [-0.2, 0) is 4.79 Å². The van der Waals surface area contributed by atoms with Crippen LogP contribution >= 0.6 is 0 Å². The zero-order valence-corrected chi connectivity index (χ0v) is 18.6. The Morgan fingerprint density at radius 2 is 2.06 bits per heavy atom. The van der Waals surface area contributed by atoms with E-state index in [1.165, 1.54) is 0 Å². The number of nitrogens with zero attached hydrogens (tertiary/aromatic N) is 3. The predicted molar refractivity (Wildman–Crippen MR) is 120 cm³/mol. The molecule has 4 saturated carbocycles. The molecule has 4 fully saturated rings. The van der Waals surface area contributed by atoms with Crippen LogP contribution in [-0.4, -0.2) is 50.9 Å². The lowest BCUT2D eigenvalue weighted by molar-refractivity contribution is -0.136. The second-order valence-electron chi connectivity index (χ2n) is 10.4. The molecule has 9 nitrogen and oxygen atoms in total. The summed E-state index contributed by atoms with van der Waals surface area (Å²) in [7, 11) is 0. The molecule has 32 heavy (non-hydrogen) atoms. The SMILES string of the molecule is CC(C)(/C=C/n1ncc(C(=O)NC2C3CC4CC2CC(O)(C4)C3)c1N1C=CCN1)NC=O. The highest BCUT2D eigenvalue weighted by Gasteiger charge is 2.55. The maximum atomic E-state index is 13.4. The summed E-state index contributed by atoms with van der Waals surface area (Å²) in [6.07, 6.45) is 14.4. The minimum atomic E-state index is -0.553. The Morgan fingerprint density at radius 3 is 2.69 bits per heavy atom. The molecule has 6 rings (SSSR count). The van der Waals surface area contributed by atoms with Gasteiger partial charge in [-0.05, 0) is 69.8 Å². The molecule has 1 aliphatic heterocycles. The van der Waals surface area contributed by atoms with Gasteiger partial charge in [-0.2, -0.15) is 5.10 Å². The van der Waals surface area contributed by atoms with Crippen LogP contribution in [0.4, 0.5) is 5.82 Å². The Labute approximate surface area is 187 Å². The number of hydrogen-bond donors (Lipinski definition) is 4. The molecule has 0 radical (unpaired) electrons. The van der Waals surface area contributed by atoms with Crippen molar-refractivity contribution in [2.24, 2.45) is 17.8 Å². The van der Waals surface area contributed by atoms with E-state index in [-0.39, 0.29) is 11.9 Å². The number of hydrogen-bond acceptors (Lipinski definition) is 6. The van der Waals surface area contributed by atoms with Crippen molar-refractivity contribution >= 4 is 24.3 Å². The minimum Gasteiger partial charge on any atom is -0.390 e. The number of amides is 2. The summed E-state index contributed by atoms with van der Waals surface area (Å²) < 4.78 is 1.64. The van der Waals surface area contributed by atoms with E-state index in [2.05, 4.69) is 21.2 Å². The van der Waals surface area contributed by atoms with E-state index in [9.17, 15) is 14.7 Å². The smallest absolute Gasteiger partial charge is 0.256 e. The van der Waals surface area contributed by atoms with Crippen LogP contribution < -0.4 is 21.1 Å². The van der Waals surface area contributed by atoms with Crippen LogP contribution in [0, 0.1) is 17.8 Å². The van der Waals surface area contributed by atoms with E-state index >= 15 is 0 Å². The number of carbonyl (C=O) groups excluding carboxylic acids is 2. The number of rotatable bonds is 7. The number of nitrogens with one attached hydrogen (secondary N) is 3. The second-order valence-corrected chi connectivity index (χ2v) is 10.4. The minimum absolute atomic E-state index is 0.101. The molecule has 2 unspecified atom stereocenters. The summed E-state index contributed by atoms with van der Waals surface area (Å²) in [6, 6.07) is 0.101. The lowest BCUT2D eigenvalue weighted by Gasteiger charge is -2.58. The summed E-state index contributed by atoms with van der Waals surface area (Å²) in [4.78, 5) is 24.3. The van der Waals surface area contributed by atoms with Gasteiger partial charge < -0.3 is 15.7 Å². The Hall–Kier alpha value is -2.65. The van der Waals surface area contributed by atoms with Crippen LogP contribution in [0.25, 0.3) is 6.20 Å². The molecule has 2 amide bonds. The van der Waals surface area contributed by atoms with Crippen molar-refractivity contribution in [3.8, 4) is 0 Å². The Balaban J connectivity index is 1.39. The third kappa shape index (κ3) is 3.84. The standard InChI is InChI=1S/C23H32N6O3/c1-22(2,24-14-30)4-7-29-21(28-6-3-5-25-28)18(13-26-29)20(31)27-19-16-8-15-9-17(19)12-23(32,10-15)11-16/h3-4,6-7,13-17,19,25,32H,5,8-12H2,1-2H3,(H,24,30)(H,27,31)/b7-4+. The number of hydrazine groups is 1. The maximum absolute atomic E-state index is 13.4. The largest absolute Gasteiger partial charge is 0.390 e. The van der Waals surface area contributed by atoms with Gasteiger partial charge in [0.15, 0.2) is 5.82 Å². The molecule has 5 aliphatic rings. The summed E-state index contributed by atoms with van der Waals surface area (Å²) in [5, 5.41) is 23.1. The fraction of sp³-hybridized carbons (Fsp3) is 0.609. The zero-order valence-electron chi connectivity index (χ0n) is 18.6. The van der Waals surface area contributed by atoms with Crippen LogP contribution in [0.1, 0.15) is 56.3 Å². The summed E-state index contributed by atoms with van der Waals surface area (Å²) in [5.74, 6) is 1.76. The van der Waals surface area contributed by atoms with Crippen molar-refractivity contribution in [3.63, 3.8) is 0 Å². The van der Waals surface area contributed by atoms with Gasteiger partial charge in [-0.25, -0.2) is 10.1 Å². The third-order valence-electron chi connectivity index (χ3n) is 7.48. The average molecular weight is 441 g/mol. The third-order valence-corrected chi connectivity index (χ3v) is 7.48. The lowest BCUT2D eigenvalue weighted by atomic mass is 9.52. The normalized spacial score (nSPS) is 33.3. The van der Waals surface area contributed by atoms with Gasteiger partial charge in [0.25, 0.3) is 5.91 Å². The first-order valence-electron chi connectivity index (χ1n) is 11.5. The van der Waals surface area contributed by atoms with Gasteiger partial charge in [0, 0.05) is 25.0 Å². The fourth-order valence-corrected chi connectivity index (χ4v) is 6.28. The molecule has 0 saturated heterocycles. The van der Waals surface area contributed by atoms with Gasteiger partial charge in [-0.1, -0.05) is 6.08 Å². The Morgan fingerprint density at radius 1 is 1.31 bits per heavy atom. The van der Waals surface area contributed by atoms with E-state index in [1.807, 2.05) is 32.2 Å². The number of aromatic nitrogens is 2. The molecule has 2 atom stereocenters. The van der Waals surface area contributed by atoms with Crippen molar-refractivity contribution in [1.29, 1.82) is 0 Å². The van der Waals surface area contributed by atoms with Crippen molar-refractivity contribution in [2.45, 2.75) is 63.1 Å². The summed E-state index contributed by atoms with van der Waals surface area (Å²) in [6.45, 7) is 4.42. The molecule has 4 bridgehead atoms.